The zero-order valence-electron chi connectivity index (χ0n) is 9.42. The van der Waals surface area contributed by atoms with Gasteiger partial charge in [0.15, 0.2) is 0 Å². The molecular weight excluding hydrogens is 208 g/mol. The molecule has 0 aliphatic heterocycles. The zero-order valence-corrected chi connectivity index (χ0v) is 10.2. The first-order chi connectivity index (χ1) is 6.98. The molecule has 0 spiro atoms. The van der Waals surface area contributed by atoms with Crippen molar-refractivity contribution < 1.29 is 0 Å². The van der Waals surface area contributed by atoms with Crippen LogP contribution in [0.5, 0.6) is 0 Å². The molecule has 2 atom stereocenters. The van der Waals surface area contributed by atoms with Gasteiger partial charge >= 0.3 is 0 Å². The van der Waals surface area contributed by atoms with E-state index >= 15 is 0 Å². The number of aromatic nitrogens is 1. The highest BCUT2D eigenvalue weighted by molar-refractivity contribution is 6.30. The first-order valence-corrected chi connectivity index (χ1v) is 5.68. The summed E-state index contributed by atoms with van der Waals surface area (Å²) in [7, 11) is 0. The molecule has 15 heavy (non-hydrogen) atoms. The molecule has 1 aromatic heterocycles. The molecule has 3 heteroatoms. The molecule has 0 saturated heterocycles. The second-order valence-electron chi connectivity index (χ2n) is 5.02. The van der Waals surface area contributed by atoms with Crippen LogP contribution in [0.1, 0.15) is 30.9 Å². The summed E-state index contributed by atoms with van der Waals surface area (Å²) in [6.45, 7) is 7.27. The highest BCUT2D eigenvalue weighted by atomic mass is 35.5. The van der Waals surface area contributed by atoms with Gasteiger partial charge in [-0.25, -0.2) is 4.98 Å². The number of hydrogen-bond acceptors (Lipinski definition) is 2. The van der Waals surface area contributed by atoms with Crippen LogP contribution < -0.4 is 5.73 Å². The van der Waals surface area contributed by atoms with E-state index in [0.29, 0.717) is 22.4 Å². The van der Waals surface area contributed by atoms with Gasteiger partial charge in [-0.2, -0.15) is 0 Å². The molecule has 2 nitrogen and oxygen atoms in total. The van der Waals surface area contributed by atoms with Crippen LogP contribution in [0.15, 0.2) is 12.3 Å². The summed E-state index contributed by atoms with van der Waals surface area (Å²) in [5.74, 6) is 1.13. The van der Waals surface area contributed by atoms with E-state index in [1.807, 2.05) is 13.1 Å². The third kappa shape index (κ3) is 1.66. The van der Waals surface area contributed by atoms with Crippen molar-refractivity contribution in [3.05, 3.63) is 28.5 Å². The second kappa shape index (κ2) is 3.46. The minimum Gasteiger partial charge on any atom is -0.330 e. The molecule has 0 aromatic carbocycles. The Morgan fingerprint density at radius 1 is 1.53 bits per heavy atom. The smallest absolute Gasteiger partial charge is 0.131 e. The van der Waals surface area contributed by atoms with E-state index in [2.05, 4.69) is 24.9 Å². The largest absolute Gasteiger partial charge is 0.330 e. The SMILES string of the molecule is Cc1cc([C@@H]2[C@@H](CN)C2(C)C)cnc1Cl. The molecule has 0 unspecified atom stereocenters. The van der Waals surface area contributed by atoms with Crippen LogP contribution in [0.4, 0.5) is 0 Å². The third-order valence-corrected chi connectivity index (χ3v) is 4.09. The number of nitrogens with two attached hydrogens (primary N) is 1. The molecule has 1 heterocycles. The van der Waals surface area contributed by atoms with Gasteiger partial charge in [0.05, 0.1) is 0 Å². The topological polar surface area (TPSA) is 38.9 Å². The van der Waals surface area contributed by atoms with E-state index in [-0.39, 0.29) is 0 Å². The molecule has 0 amide bonds. The van der Waals surface area contributed by atoms with Crippen molar-refractivity contribution in [1.82, 2.24) is 4.98 Å². The number of aryl methyl sites for hydroxylation is 1. The molecule has 1 saturated carbocycles. The lowest BCUT2D eigenvalue weighted by Gasteiger charge is -2.04. The number of rotatable bonds is 2. The molecule has 2 rings (SSSR count). The Labute approximate surface area is 95.8 Å². The van der Waals surface area contributed by atoms with Crippen molar-refractivity contribution >= 4 is 11.6 Å². The molecule has 1 aliphatic carbocycles. The lowest BCUT2D eigenvalue weighted by molar-refractivity contribution is 0.558. The van der Waals surface area contributed by atoms with E-state index in [0.717, 1.165) is 12.1 Å². The maximum Gasteiger partial charge on any atom is 0.131 e. The van der Waals surface area contributed by atoms with Crippen LogP contribution in [-0.2, 0) is 0 Å². The Morgan fingerprint density at radius 2 is 2.20 bits per heavy atom. The summed E-state index contributed by atoms with van der Waals surface area (Å²) >= 11 is 5.91. The molecule has 0 bridgehead atoms. The Morgan fingerprint density at radius 3 is 2.67 bits per heavy atom. The van der Waals surface area contributed by atoms with Crippen molar-refractivity contribution in [3.8, 4) is 0 Å². The quantitative estimate of drug-likeness (QED) is 0.785. The molecule has 0 radical (unpaired) electrons. The summed E-state index contributed by atoms with van der Waals surface area (Å²) in [5, 5.41) is 0.599. The zero-order chi connectivity index (χ0) is 11.2. The van der Waals surface area contributed by atoms with Crippen molar-refractivity contribution in [2.75, 3.05) is 6.54 Å². The lowest BCUT2D eigenvalue weighted by Crippen LogP contribution is -2.05. The van der Waals surface area contributed by atoms with Gasteiger partial charge in [0.25, 0.3) is 0 Å². The Balaban J connectivity index is 2.29. The van der Waals surface area contributed by atoms with Crippen molar-refractivity contribution in [2.45, 2.75) is 26.7 Å². The number of hydrogen-bond donors (Lipinski definition) is 1. The average Bonchev–Trinajstić information content (AvgIpc) is 2.73. The molecule has 2 N–H and O–H groups in total. The van der Waals surface area contributed by atoms with Gasteiger partial charge in [-0.3, -0.25) is 0 Å². The fourth-order valence-electron chi connectivity index (χ4n) is 2.60. The van der Waals surface area contributed by atoms with Crippen molar-refractivity contribution in [2.24, 2.45) is 17.1 Å². The predicted molar refractivity (Wildman–Crippen MR) is 63.1 cm³/mol. The minimum absolute atomic E-state index is 0.316. The van der Waals surface area contributed by atoms with E-state index < -0.39 is 0 Å². The van der Waals surface area contributed by atoms with Gasteiger partial charge in [-0.15, -0.1) is 0 Å². The second-order valence-corrected chi connectivity index (χ2v) is 5.38. The van der Waals surface area contributed by atoms with Crippen LogP contribution in [0.2, 0.25) is 5.15 Å². The Bertz CT molecular complexity index is 387. The predicted octanol–water partition coefficient (Wildman–Crippen LogP) is 2.74. The molecule has 1 aromatic rings. The highest BCUT2D eigenvalue weighted by Crippen LogP contribution is 2.63. The minimum atomic E-state index is 0.316. The van der Waals surface area contributed by atoms with Gasteiger partial charge in [-0.1, -0.05) is 31.5 Å². The standard InChI is InChI=1S/C12H17ClN2/c1-7-4-8(6-15-11(7)13)10-9(5-14)12(10,2)3/h4,6,9-10H,5,14H2,1-3H3/t9-,10-/m1/s1. The van der Waals surface area contributed by atoms with Gasteiger partial charge in [0, 0.05) is 6.20 Å². The number of halogens is 1. The van der Waals surface area contributed by atoms with E-state index in [4.69, 9.17) is 17.3 Å². The average molecular weight is 225 g/mol. The van der Waals surface area contributed by atoms with Crippen molar-refractivity contribution in [1.29, 1.82) is 0 Å². The summed E-state index contributed by atoms with van der Waals surface area (Å²) in [6, 6.07) is 2.14. The van der Waals surface area contributed by atoms with Gasteiger partial charge < -0.3 is 5.73 Å². The van der Waals surface area contributed by atoms with Gasteiger partial charge in [0.2, 0.25) is 0 Å². The normalized spacial score (nSPS) is 27.8. The summed E-state index contributed by atoms with van der Waals surface area (Å²) < 4.78 is 0. The summed E-state index contributed by atoms with van der Waals surface area (Å²) in [5.41, 5.74) is 8.40. The Kier molecular flexibility index (Phi) is 2.52. The first-order valence-electron chi connectivity index (χ1n) is 5.30. The van der Waals surface area contributed by atoms with Crippen LogP contribution in [0.25, 0.3) is 0 Å². The van der Waals surface area contributed by atoms with E-state index in [1.54, 1.807) is 0 Å². The lowest BCUT2D eigenvalue weighted by atomic mass is 10.0. The molecule has 1 fully saturated rings. The van der Waals surface area contributed by atoms with E-state index in [1.165, 1.54) is 5.56 Å². The fraction of sp³-hybridized carbons (Fsp3) is 0.583. The fourth-order valence-corrected chi connectivity index (χ4v) is 2.70. The van der Waals surface area contributed by atoms with Crippen LogP contribution in [0.3, 0.4) is 0 Å². The van der Waals surface area contributed by atoms with Gasteiger partial charge in [-0.05, 0) is 41.8 Å². The van der Waals surface area contributed by atoms with E-state index in [9.17, 15) is 0 Å². The van der Waals surface area contributed by atoms with Crippen LogP contribution in [0, 0.1) is 18.3 Å². The molecule has 1 aliphatic rings. The summed E-state index contributed by atoms with van der Waals surface area (Å²) in [6.07, 6.45) is 1.89. The third-order valence-electron chi connectivity index (χ3n) is 3.70. The van der Waals surface area contributed by atoms with Crippen LogP contribution >= 0.6 is 11.6 Å². The van der Waals surface area contributed by atoms with Crippen molar-refractivity contribution in [3.63, 3.8) is 0 Å². The molecular formula is C12H17ClN2. The summed E-state index contributed by atoms with van der Waals surface area (Å²) in [4.78, 5) is 4.20. The first kappa shape index (κ1) is 10.9. The monoisotopic (exact) mass is 224 g/mol. The highest BCUT2D eigenvalue weighted by Gasteiger charge is 2.57. The molecule has 82 valence electrons. The Hall–Kier alpha value is -0.600. The maximum absolute atomic E-state index is 5.91. The van der Waals surface area contributed by atoms with Crippen LogP contribution in [-0.4, -0.2) is 11.5 Å². The van der Waals surface area contributed by atoms with Gasteiger partial charge in [0.1, 0.15) is 5.15 Å². The number of nitrogens with zero attached hydrogens (tertiary/aromatic N) is 1. The maximum atomic E-state index is 5.91. The number of pyridine rings is 1.